The van der Waals surface area contributed by atoms with E-state index in [9.17, 15) is 5.26 Å². The van der Waals surface area contributed by atoms with Gasteiger partial charge in [0, 0.05) is 24.1 Å². The van der Waals surface area contributed by atoms with Crippen molar-refractivity contribution in [2.24, 2.45) is 0 Å². The van der Waals surface area contributed by atoms with Gasteiger partial charge in [-0.2, -0.15) is 5.26 Å². The van der Waals surface area contributed by atoms with Gasteiger partial charge in [0.1, 0.15) is 0 Å². The van der Waals surface area contributed by atoms with Crippen LogP contribution in [0.1, 0.15) is 45.2 Å². The summed E-state index contributed by atoms with van der Waals surface area (Å²) >= 11 is 3.41. The second kappa shape index (κ2) is 12.6. The molecular formula is C18H30BrN3. The molecule has 0 N–H and O–H groups in total. The minimum absolute atomic E-state index is 0.780. The summed E-state index contributed by atoms with van der Waals surface area (Å²) in [5, 5.41) is 9.17. The standard InChI is InChI=1S/C14H18BrN3.2C2H6/c1-17-5-2-6-18(8-7-17)11-12-3-4-14(15)9-13(12)10-16;2*1-2/h3-4,9H,2,5-8,11H2,1H3;2*1-2H3. The highest BCUT2D eigenvalue weighted by atomic mass is 79.9. The summed E-state index contributed by atoms with van der Waals surface area (Å²) < 4.78 is 0.971. The molecule has 1 aromatic rings. The van der Waals surface area contributed by atoms with Crippen LogP contribution in [0.4, 0.5) is 0 Å². The topological polar surface area (TPSA) is 30.3 Å². The Morgan fingerprint density at radius 3 is 2.41 bits per heavy atom. The van der Waals surface area contributed by atoms with Crippen molar-refractivity contribution >= 4 is 15.9 Å². The maximum atomic E-state index is 9.17. The molecule has 0 spiro atoms. The molecule has 4 heteroatoms. The zero-order chi connectivity index (χ0) is 17.0. The lowest BCUT2D eigenvalue weighted by atomic mass is 10.1. The fourth-order valence-corrected chi connectivity index (χ4v) is 2.65. The number of rotatable bonds is 2. The molecule has 0 amide bonds. The van der Waals surface area contributed by atoms with Gasteiger partial charge in [-0.1, -0.05) is 49.7 Å². The van der Waals surface area contributed by atoms with Crippen molar-refractivity contribution in [3.63, 3.8) is 0 Å². The molecule has 124 valence electrons. The van der Waals surface area contributed by atoms with Gasteiger partial charge in [-0.15, -0.1) is 0 Å². The summed E-state index contributed by atoms with van der Waals surface area (Å²) in [7, 11) is 2.17. The number of benzene rings is 1. The first-order chi connectivity index (χ1) is 10.7. The molecule has 22 heavy (non-hydrogen) atoms. The van der Waals surface area contributed by atoms with Crippen LogP contribution in [0, 0.1) is 11.3 Å². The minimum Gasteiger partial charge on any atom is -0.305 e. The van der Waals surface area contributed by atoms with Gasteiger partial charge in [0.15, 0.2) is 0 Å². The molecule has 1 heterocycles. The maximum absolute atomic E-state index is 9.17. The number of hydrogen-bond acceptors (Lipinski definition) is 3. The van der Waals surface area contributed by atoms with Crippen LogP contribution in [-0.4, -0.2) is 43.0 Å². The predicted molar refractivity (Wildman–Crippen MR) is 98.9 cm³/mol. The average molecular weight is 368 g/mol. The second-order valence-electron chi connectivity index (χ2n) is 4.85. The van der Waals surface area contributed by atoms with Gasteiger partial charge < -0.3 is 4.90 Å². The van der Waals surface area contributed by atoms with Gasteiger partial charge in [-0.25, -0.2) is 0 Å². The molecule has 1 saturated heterocycles. The van der Waals surface area contributed by atoms with E-state index in [4.69, 9.17) is 0 Å². The first kappa shape index (κ1) is 21.1. The largest absolute Gasteiger partial charge is 0.305 e. The Morgan fingerprint density at radius 1 is 1.09 bits per heavy atom. The Bertz CT molecular complexity index is 454. The van der Waals surface area contributed by atoms with Crippen LogP contribution in [0.15, 0.2) is 22.7 Å². The summed E-state index contributed by atoms with van der Waals surface area (Å²) in [5.41, 5.74) is 1.91. The van der Waals surface area contributed by atoms with E-state index in [-0.39, 0.29) is 0 Å². The van der Waals surface area contributed by atoms with Crippen LogP contribution in [0.3, 0.4) is 0 Å². The Kier molecular flexibility index (Phi) is 12.1. The Balaban J connectivity index is 0.00000102. The average Bonchev–Trinajstić information content (AvgIpc) is 2.77. The van der Waals surface area contributed by atoms with Crippen molar-refractivity contribution in [1.29, 1.82) is 5.26 Å². The highest BCUT2D eigenvalue weighted by Gasteiger charge is 2.13. The molecule has 0 aliphatic carbocycles. The molecule has 0 saturated carbocycles. The van der Waals surface area contributed by atoms with Gasteiger partial charge in [-0.3, -0.25) is 4.90 Å². The van der Waals surface area contributed by atoms with Gasteiger partial charge >= 0.3 is 0 Å². The summed E-state index contributed by atoms with van der Waals surface area (Å²) in [6.07, 6.45) is 1.20. The number of nitriles is 1. The molecule has 0 atom stereocenters. The van der Waals surface area contributed by atoms with Gasteiger partial charge in [0.25, 0.3) is 0 Å². The summed E-state index contributed by atoms with van der Waals surface area (Å²) in [6.45, 7) is 13.4. The van der Waals surface area contributed by atoms with Crippen LogP contribution >= 0.6 is 15.9 Å². The lowest BCUT2D eigenvalue weighted by molar-refractivity contribution is 0.269. The van der Waals surface area contributed by atoms with Gasteiger partial charge in [0.05, 0.1) is 11.6 Å². The quantitative estimate of drug-likeness (QED) is 0.769. The summed E-state index contributed by atoms with van der Waals surface area (Å²) in [4.78, 5) is 4.81. The van der Waals surface area contributed by atoms with E-state index in [0.717, 1.165) is 41.8 Å². The number of nitrogens with zero attached hydrogens (tertiary/aromatic N) is 3. The van der Waals surface area contributed by atoms with Crippen molar-refractivity contribution in [1.82, 2.24) is 9.80 Å². The first-order valence-corrected chi connectivity index (χ1v) is 9.08. The molecule has 1 aliphatic rings. The zero-order valence-corrected chi connectivity index (χ0v) is 16.3. The van der Waals surface area contributed by atoms with Crippen LogP contribution in [-0.2, 0) is 6.54 Å². The monoisotopic (exact) mass is 367 g/mol. The Hall–Kier alpha value is -0.890. The van der Waals surface area contributed by atoms with Gasteiger partial charge in [0.2, 0.25) is 0 Å². The molecular weight excluding hydrogens is 338 g/mol. The molecule has 1 aliphatic heterocycles. The molecule has 1 fully saturated rings. The summed E-state index contributed by atoms with van der Waals surface area (Å²) in [5.74, 6) is 0. The maximum Gasteiger partial charge on any atom is 0.0995 e. The summed E-state index contributed by atoms with van der Waals surface area (Å²) in [6, 6.07) is 8.25. The van der Waals surface area contributed by atoms with Crippen LogP contribution in [0.2, 0.25) is 0 Å². The first-order valence-electron chi connectivity index (χ1n) is 8.28. The van der Waals surface area contributed by atoms with Crippen LogP contribution in [0.5, 0.6) is 0 Å². The second-order valence-corrected chi connectivity index (χ2v) is 5.76. The number of halogens is 1. The highest BCUT2D eigenvalue weighted by Crippen LogP contribution is 2.18. The third-order valence-corrected chi connectivity index (χ3v) is 3.89. The van der Waals surface area contributed by atoms with E-state index < -0.39 is 0 Å². The molecule has 1 aromatic carbocycles. The molecule has 0 unspecified atom stereocenters. The van der Waals surface area contributed by atoms with Crippen molar-refractivity contribution in [2.75, 3.05) is 33.2 Å². The van der Waals surface area contributed by atoms with Crippen molar-refractivity contribution in [3.05, 3.63) is 33.8 Å². The molecule has 2 rings (SSSR count). The van der Waals surface area contributed by atoms with E-state index in [1.54, 1.807) is 0 Å². The SMILES string of the molecule is CC.CC.CN1CCCN(Cc2ccc(Br)cc2C#N)CC1. The van der Waals surface area contributed by atoms with Crippen molar-refractivity contribution in [2.45, 2.75) is 40.7 Å². The van der Waals surface area contributed by atoms with Crippen LogP contribution < -0.4 is 0 Å². The fourth-order valence-electron chi connectivity index (χ4n) is 2.29. The molecule has 0 aromatic heterocycles. The van der Waals surface area contributed by atoms with E-state index in [0.29, 0.717) is 0 Å². The van der Waals surface area contributed by atoms with E-state index in [1.165, 1.54) is 13.0 Å². The van der Waals surface area contributed by atoms with E-state index in [2.05, 4.69) is 44.9 Å². The minimum atomic E-state index is 0.780. The molecule has 0 bridgehead atoms. The van der Waals surface area contributed by atoms with Crippen molar-refractivity contribution < 1.29 is 0 Å². The van der Waals surface area contributed by atoms with Crippen LogP contribution in [0.25, 0.3) is 0 Å². The highest BCUT2D eigenvalue weighted by molar-refractivity contribution is 9.10. The fraction of sp³-hybridized carbons (Fsp3) is 0.611. The van der Waals surface area contributed by atoms with Gasteiger partial charge in [-0.05, 0) is 44.3 Å². The smallest absolute Gasteiger partial charge is 0.0995 e. The third kappa shape index (κ3) is 7.40. The van der Waals surface area contributed by atoms with Crippen molar-refractivity contribution in [3.8, 4) is 6.07 Å². The number of hydrogen-bond donors (Lipinski definition) is 0. The lowest BCUT2D eigenvalue weighted by Crippen LogP contribution is -2.28. The molecule has 0 radical (unpaired) electrons. The normalized spacial score (nSPS) is 15.5. The number of likely N-dealkylation sites (N-methyl/N-ethyl adjacent to an activating group) is 1. The Labute approximate surface area is 145 Å². The molecule has 3 nitrogen and oxygen atoms in total. The van der Waals surface area contributed by atoms with E-state index in [1.807, 2.05) is 39.8 Å². The predicted octanol–water partition coefficient (Wildman–Crippen LogP) is 4.51. The van der Waals surface area contributed by atoms with E-state index >= 15 is 0 Å². The third-order valence-electron chi connectivity index (χ3n) is 3.40. The Morgan fingerprint density at radius 2 is 1.77 bits per heavy atom. The lowest BCUT2D eigenvalue weighted by Gasteiger charge is -2.20. The zero-order valence-electron chi connectivity index (χ0n) is 14.7.